The van der Waals surface area contributed by atoms with E-state index in [1.54, 1.807) is 4.90 Å². The van der Waals surface area contributed by atoms with Crippen LogP contribution in [0.2, 0.25) is 0 Å². The molecule has 30 heavy (non-hydrogen) atoms. The quantitative estimate of drug-likeness (QED) is 0.829. The molecule has 0 saturated carbocycles. The number of hydrogen-bond acceptors (Lipinski definition) is 3. The van der Waals surface area contributed by atoms with Crippen LogP contribution in [0.5, 0.6) is 0 Å². The summed E-state index contributed by atoms with van der Waals surface area (Å²) >= 11 is 0. The van der Waals surface area contributed by atoms with Crippen LogP contribution in [0.3, 0.4) is 0 Å². The molecule has 0 aromatic heterocycles. The van der Waals surface area contributed by atoms with Gasteiger partial charge in [-0.3, -0.25) is 14.5 Å². The first-order valence-corrected chi connectivity index (χ1v) is 10.9. The van der Waals surface area contributed by atoms with E-state index in [2.05, 4.69) is 40.5 Å². The lowest BCUT2D eigenvalue weighted by Crippen LogP contribution is -2.46. The molecule has 2 fully saturated rings. The minimum Gasteiger partial charge on any atom is -0.353 e. The number of nitrogens with zero attached hydrogens (tertiary/aromatic N) is 2. The highest BCUT2D eigenvalue weighted by Crippen LogP contribution is 2.27. The summed E-state index contributed by atoms with van der Waals surface area (Å²) < 4.78 is 0. The molecule has 4 rings (SSSR count). The van der Waals surface area contributed by atoms with Crippen LogP contribution in [0.25, 0.3) is 0 Å². The van der Waals surface area contributed by atoms with Gasteiger partial charge >= 0.3 is 0 Å². The number of amides is 2. The topological polar surface area (TPSA) is 52.7 Å². The summed E-state index contributed by atoms with van der Waals surface area (Å²) in [5.74, 6) is -0.199. The number of likely N-dealkylation sites (tertiary alicyclic amines) is 1. The normalized spacial score (nSPS) is 20.5. The molecule has 2 aromatic carbocycles. The van der Waals surface area contributed by atoms with E-state index in [0.29, 0.717) is 13.0 Å². The van der Waals surface area contributed by atoms with Crippen LogP contribution in [0.4, 0.5) is 5.69 Å². The second-order valence-corrected chi connectivity index (χ2v) is 8.80. The maximum atomic E-state index is 12.8. The summed E-state index contributed by atoms with van der Waals surface area (Å²) in [5, 5.41) is 3.22. The van der Waals surface area contributed by atoms with Crippen LogP contribution < -0.4 is 10.2 Å². The van der Waals surface area contributed by atoms with Gasteiger partial charge in [0.25, 0.3) is 0 Å². The highest BCUT2D eigenvalue weighted by Gasteiger charge is 2.36. The molecule has 0 aliphatic carbocycles. The van der Waals surface area contributed by atoms with Gasteiger partial charge in [-0.05, 0) is 55.5 Å². The van der Waals surface area contributed by atoms with Crippen LogP contribution in [0.1, 0.15) is 36.0 Å². The van der Waals surface area contributed by atoms with Gasteiger partial charge in [0, 0.05) is 44.3 Å². The summed E-state index contributed by atoms with van der Waals surface area (Å²) in [6, 6.07) is 16.9. The Hall–Kier alpha value is -2.66. The van der Waals surface area contributed by atoms with E-state index in [-0.39, 0.29) is 23.8 Å². The van der Waals surface area contributed by atoms with E-state index in [4.69, 9.17) is 0 Å². The van der Waals surface area contributed by atoms with Crippen molar-refractivity contribution in [2.24, 2.45) is 5.92 Å². The van der Waals surface area contributed by atoms with E-state index in [0.717, 1.165) is 49.3 Å². The third-order valence-electron chi connectivity index (χ3n) is 6.20. The number of benzene rings is 2. The molecule has 2 aliphatic rings. The first kappa shape index (κ1) is 20.6. The maximum absolute atomic E-state index is 12.8. The van der Waals surface area contributed by atoms with Gasteiger partial charge in [0.2, 0.25) is 11.8 Å². The number of hydrogen-bond donors (Lipinski definition) is 1. The van der Waals surface area contributed by atoms with E-state index < -0.39 is 0 Å². The smallest absolute Gasteiger partial charge is 0.227 e. The number of nitrogens with one attached hydrogen (secondary N) is 1. The molecule has 2 aromatic rings. The Morgan fingerprint density at radius 1 is 1.03 bits per heavy atom. The molecule has 2 amide bonds. The minimum atomic E-state index is -0.263. The summed E-state index contributed by atoms with van der Waals surface area (Å²) in [6.45, 7) is 7.47. The number of rotatable bonds is 5. The largest absolute Gasteiger partial charge is 0.353 e. The van der Waals surface area contributed by atoms with Crippen LogP contribution in [-0.2, 0) is 16.1 Å². The van der Waals surface area contributed by atoms with Gasteiger partial charge < -0.3 is 10.2 Å². The van der Waals surface area contributed by atoms with Crippen LogP contribution in [0.15, 0.2) is 48.5 Å². The molecule has 158 valence electrons. The highest BCUT2D eigenvalue weighted by molar-refractivity contribution is 6.00. The average molecular weight is 406 g/mol. The Bertz CT molecular complexity index is 884. The third-order valence-corrected chi connectivity index (χ3v) is 6.20. The predicted molar refractivity (Wildman–Crippen MR) is 119 cm³/mol. The maximum Gasteiger partial charge on any atom is 0.227 e. The number of piperidine rings is 1. The van der Waals surface area contributed by atoms with Crippen molar-refractivity contribution in [3.63, 3.8) is 0 Å². The Morgan fingerprint density at radius 2 is 1.70 bits per heavy atom. The zero-order valence-electron chi connectivity index (χ0n) is 17.9. The molecule has 5 nitrogen and oxygen atoms in total. The summed E-state index contributed by atoms with van der Waals surface area (Å²) in [4.78, 5) is 29.6. The number of carbonyl (C=O) groups excluding carboxylic acids is 2. The van der Waals surface area contributed by atoms with Crippen molar-refractivity contribution >= 4 is 17.5 Å². The van der Waals surface area contributed by atoms with Gasteiger partial charge in [0.1, 0.15) is 0 Å². The molecule has 2 saturated heterocycles. The molecule has 1 atom stereocenters. The summed E-state index contributed by atoms with van der Waals surface area (Å²) in [5.41, 5.74) is 4.50. The number of aryl methyl sites for hydroxylation is 2. The van der Waals surface area contributed by atoms with Gasteiger partial charge in [-0.1, -0.05) is 36.4 Å². The van der Waals surface area contributed by atoms with Gasteiger partial charge in [0.05, 0.1) is 5.92 Å². The van der Waals surface area contributed by atoms with Crippen molar-refractivity contribution in [2.75, 3.05) is 24.5 Å². The molecular weight excluding hydrogens is 374 g/mol. The Balaban J connectivity index is 1.28. The van der Waals surface area contributed by atoms with E-state index in [1.807, 2.05) is 32.0 Å². The molecule has 2 heterocycles. The third kappa shape index (κ3) is 4.90. The zero-order chi connectivity index (χ0) is 21.1. The fourth-order valence-electron chi connectivity index (χ4n) is 4.64. The minimum absolute atomic E-state index is 0.0248. The molecule has 2 aliphatic heterocycles. The number of anilines is 1. The Morgan fingerprint density at radius 3 is 2.37 bits per heavy atom. The fraction of sp³-hybridized carbons (Fsp3) is 0.440. The summed E-state index contributed by atoms with van der Waals surface area (Å²) in [6.07, 6.45) is 2.21. The second-order valence-electron chi connectivity index (χ2n) is 8.80. The summed E-state index contributed by atoms with van der Waals surface area (Å²) in [7, 11) is 0. The van der Waals surface area contributed by atoms with Crippen molar-refractivity contribution < 1.29 is 9.59 Å². The molecule has 5 heteroatoms. The number of carbonyl (C=O) groups is 2. The van der Waals surface area contributed by atoms with Crippen molar-refractivity contribution in [2.45, 2.75) is 45.7 Å². The van der Waals surface area contributed by atoms with Gasteiger partial charge in [0.15, 0.2) is 0 Å². The SMILES string of the molecule is Cc1cc(C)cc(N2CC(C(=O)NC3CCN(Cc4ccccc4)CC3)CC2=O)c1. The second kappa shape index (κ2) is 9.00. The monoisotopic (exact) mass is 405 g/mol. The highest BCUT2D eigenvalue weighted by atomic mass is 16.2. The Labute approximate surface area is 179 Å². The van der Waals surface area contributed by atoms with Gasteiger partial charge in [-0.25, -0.2) is 0 Å². The standard InChI is InChI=1S/C25H31N3O2/c1-18-12-19(2)14-23(13-18)28-17-21(15-24(28)29)25(30)26-22-8-10-27(11-9-22)16-20-6-4-3-5-7-20/h3-7,12-14,21-22H,8-11,15-17H2,1-2H3,(H,26,30). The molecule has 1 N–H and O–H groups in total. The van der Waals surface area contributed by atoms with Crippen LogP contribution in [0, 0.1) is 19.8 Å². The van der Waals surface area contributed by atoms with Crippen molar-refractivity contribution in [1.82, 2.24) is 10.2 Å². The van der Waals surface area contributed by atoms with E-state index in [1.165, 1.54) is 5.56 Å². The molecule has 0 bridgehead atoms. The molecule has 0 spiro atoms. The van der Waals surface area contributed by atoms with E-state index in [9.17, 15) is 9.59 Å². The van der Waals surface area contributed by atoms with Crippen molar-refractivity contribution in [3.8, 4) is 0 Å². The predicted octanol–water partition coefficient (Wildman–Crippen LogP) is 3.44. The molecule has 1 unspecified atom stereocenters. The average Bonchev–Trinajstić information content (AvgIpc) is 3.11. The van der Waals surface area contributed by atoms with E-state index >= 15 is 0 Å². The van der Waals surface area contributed by atoms with Crippen LogP contribution in [-0.4, -0.2) is 42.4 Å². The lowest BCUT2D eigenvalue weighted by molar-refractivity contribution is -0.127. The first-order chi connectivity index (χ1) is 14.5. The van der Waals surface area contributed by atoms with Gasteiger partial charge in [-0.15, -0.1) is 0 Å². The van der Waals surface area contributed by atoms with Crippen molar-refractivity contribution in [3.05, 3.63) is 65.2 Å². The fourth-order valence-corrected chi connectivity index (χ4v) is 4.64. The molecular formula is C25H31N3O2. The lowest BCUT2D eigenvalue weighted by Gasteiger charge is -2.32. The first-order valence-electron chi connectivity index (χ1n) is 10.9. The van der Waals surface area contributed by atoms with Crippen molar-refractivity contribution in [1.29, 1.82) is 0 Å². The zero-order valence-corrected chi connectivity index (χ0v) is 17.9. The van der Waals surface area contributed by atoms with Crippen LogP contribution >= 0.6 is 0 Å². The Kier molecular flexibility index (Phi) is 6.18. The lowest BCUT2D eigenvalue weighted by atomic mass is 10.0. The van der Waals surface area contributed by atoms with Gasteiger partial charge in [-0.2, -0.15) is 0 Å². The molecule has 0 radical (unpaired) electrons.